The van der Waals surface area contributed by atoms with Gasteiger partial charge in [-0.1, -0.05) is 6.07 Å². The Kier molecular flexibility index (Phi) is 5.11. The molecular weight excluding hydrogens is 258 g/mol. The van der Waals surface area contributed by atoms with Gasteiger partial charge in [0.1, 0.15) is 12.4 Å². The van der Waals surface area contributed by atoms with Crippen molar-refractivity contribution in [3.63, 3.8) is 0 Å². The van der Waals surface area contributed by atoms with E-state index in [2.05, 4.69) is 4.98 Å². The number of benzene rings is 1. The Morgan fingerprint density at radius 3 is 2.80 bits per heavy atom. The number of aromatic nitrogens is 2. The lowest BCUT2D eigenvalue weighted by atomic mass is 10.3. The average molecular weight is 277 g/mol. The van der Waals surface area contributed by atoms with Crippen molar-refractivity contribution >= 4 is 0 Å². The van der Waals surface area contributed by atoms with Crippen molar-refractivity contribution in [2.24, 2.45) is 5.73 Å². The Morgan fingerprint density at radius 1 is 1.30 bits per heavy atom. The summed E-state index contributed by atoms with van der Waals surface area (Å²) in [5.41, 5.74) is 7.17. The van der Waals surface area contributed by atoms with Gasteiger partial charge in [-0.15, -0.1) is 0 Å². The molecule has 108 valence electrons. The number of rotatable bonds is 7. The highest BCUT2D eigenvalue weighted by Gasteiger charge is 2.15. The Bertz CT molecular complexity index is 538. The van der Waals surface area contributed by atoms with E-state index in [0.717, 1.165) is 17.1 Å². The number of nitrogens with zero attached hydrogens (tertiary/aromatic N) is 2. The molecule has 6 heteroatoms. The summed E-state index contributed by atoms with van der Waals surface area (Å²) in [7, 11) is 3.18. The zero-order valence-corrected chi connectivity index (χ0v) is 11.7. The summed E-state index contributed by atoms with van der Waals surface area (Å²) >= 11 is 0. The van der Waals surface area contributed by atoms with E-state index in [1.807, 2.05) is 28.8 Å². The number of methoxy groups -OCH3 is 2. The van der Waals surface area contributed by atoms with E-state index < -0.39 is 6.29 Å². The molecule has 0 fully saturated rings. The number of imidazole rings is 1. The molecule has 1 aromatic carbocycles. The number of nitrogens with two attached hydrogens (primary N) is 1. The molecule has 20 heavy (non-hydrogen) atoms. The molecule has 0 aliphatic rings. The highest BCUT2D eigenvalue weighted by molar-refractivity contribution is 5.40. The second kappa shape index (κ2) is 7.04. The van der Waals surface area contributed by atoms with Crippen LogP contribution in [0.4, 0.5) is 0 Å². The molecule has 0 saturated carbocycles. The van der Waals surface area contributed by atoms with Crippen LogP contribution in [0.1, 0.15) is 12.0 Å². The van der Waals surface area contributed by atoms with E-state index in [1.165, 1.54) is 0 Å². The van der Waals surface area contributed by atoms with Gasteiger partial charge in [-0.05, 0) is 12.1 Å². The lowest BCUT2D eigenvalue weighted by Crippen LogP contribution is -2.11. The van der Waals surface area contributed by atoms with Crippen molar-refractivity contribution in [1.29, 1.82) is 0 Å². The molecule has 0 bridgehead atoms. The second-order valence-electron chi connectivity index (χ2n) is 4.13. The smallest absolute Gasteiger partial charge is 0.200 e. The zero-order chi connectivity index (χ0) is 14.4. The number of ether oxygens (including phenoxy) is 3. The number of hydrogen-bond acceptors (Lipinski definition) is 5. The Morgan fingerprint density at radius 2 is 2.10 bits per heavy atom. The van der Waals surface area contributed by atoms with Gasteiger partial charge in [0.05, 0.1) is 23.9 Å². The van der Waals surface area contributed by atoms with Gasteiger partial charge in [0.2, 0.25) is 6.29 Å². The van der Waals surface area contributed by atoms with Crippen LogP contribution in [0.2, 0.25) is 0 Å². The minimum Gasteiger partial charge on any atom is -0.492 e. The van der Waals surface area contributed by atoms with Crippen LogP contribution in [0.5, 0.6) is 5.75 Å². The van der Waals surface area contributed by atoms with Crippen molar-refractivity contribution < 1.29 is 14.2 Å². The van der Waals surface area contributed by atoms with Crippen LogP contribution in [-0.4, -0.2) is 36.9 Å². The standard InChI is InChI=1S/C14H19N3O3/c1-18-14(19-2)13-9-16-10-17(13)11-4-3-5-12(8-11)20-7-6-15/h3-5,8-10,14H,6-7,15H2,1-2H3. The second-order valence-corrected chi connectivity index (χ2v) is 4.13. The molecule has 0 atom stereocenters. The summed E-state index contributed by atoms with van der Waals surface area (Å²) in [6.45, 7) is 0.967. The van der Waals surface area contributed by atoms with Gasteiger partial charge in [0.15, 0.2) is 0 Å². The summed E-state index contributed by atoms with van der Waals surface area (Å²) in [4.78, 5) is 4.15. The predicted octanol–water partition coefficient (Wildman–Crippen LogP) is 1.50. The fourth-order valence-electron chi connectivity index (χ4n) is 1.93. The molecule has 0 aliphatic heterocycles. The van der Waals surface area contributed by atoms with Gasteiger partial charge in [-0.25, -0.2) is 4.98 Å². The average Bonchev–Trinajstić information content (AvgIpc) is 2.96. The van der Waals surface area contributed by atoms with Crippen LogP contribution in [-0.2, 0) is 9.47 Å². The van der Waals surface area contributed by atoms with Crippen molar-refractivity contribution in [3.8, 4) is 11.4 Å². The molecule has 1 aromatic heterocycles. The predicted molar refractivity (Wildman–Crippen MR) is 74.9 cm³/mol. The molecule has 2 aromatic rings. The van der Waals surface area contributed by atoms with E-state index in [1.54, 1.807) is 26.7 Å². The first-order valence-electron chi connectivity index (χ1n) is 6.31. The van der Waals surface area contributed by atoms with E-state index in [0.29, 0.717) is 13.2 Å². The molecule has 0 unspecified atom stereocenters. The minimum absolute atomic E-state index is 0.467. The van der Waals surface area contributed by atoms with Crippen molar-refractivity contribution in [1.82, 2.24) is 9.55 Å². The number of hydrogen-bond donors (Lipinski definition) is 1. The third kappa shape index (κ3) is 3.16. The molecule has 0 spiro atoms. The SMILES string of the molecule is COC(OC)c1cncn1-c1cccc(OCCN)c1. The maximum absolute atomic E-state index is 5.53. The molecular formula is C14H19N3O3. The van der Waals surface area contributed by atoms with E-state index >= 15 is 0 Å². The molecule has 2 rings (SSSR count). The van der Waals surface area contributed by atoms with Gasteiger partial charge in [-0.3, -0.25) is 4.57 Å². The van der Waals surface area contributed by atoms with Gasteiger partial charge >= 0.3 is 0 Å². The van der Waals surface area contributed by atoms with Crippen LogP contribution in [0.3, 0.4) is 0 Å². The van der Waals surface area contributed by atoms with Crippen molar-refractivity contribution in [2.45, 2.75) is 6.29 Å². The van der Waals surface area contributed by atoms with Gasteiger partial charge < -0.3 is 19.9 Å². The van der Waals surface area contributed by atoms with Crippen LogP contribution >= 0.6 is 0 Å². The maximum atomic E-state index is 5.53. The van der Waals surface area contributed by atoms with Crippen LogP contribution < -0.4 is 10.5 Å². The fraction of sp³-hybridized carbons (Fsp3) is 0.357. The summed E-state index contributed by atoms with van der Waals surface area (Å²) in [5.74, 6) is 0.763. The monoisotopic (exact) mass is 277 g/mol. The summed E-state index contributed by atoms with van der Waals surface area (Å²) in [6.07, 6.45) is 2.96. The first kappa shape index (κ1) is 14.5. The normalized spacial score (nSPS) is 11.0. The third-order valence-corrected chi connectivity index (χ3v) is 2.82. The lowest BCUT2D eigenvalue weighted by Gasteiger charge is -2.16. The Balaban J connectivity index is 2.30. The van der Waals surface area contributed by atoms with E-state index in [-0.39, 0.29) is 0 Å². The summed E-state index contributed by atoms with van der Waals surface area (Å²) < 4.78 is 18.0. The quantitative estimate of drug-likeness (QED) is 0.777. The highest BCUT2D eigenvalue weighted by atomic mass is 16.7. The molecule has 0 radical (unpaired) electrons. The van der Waals surface area contributed by atoms with E-state index in [9.17, 15) is 0 Å². The van der Waals surface area contributed by atoms with Crippen molar-refractivity contribution in [2.75, 3.05) is 27.4 Å². The van der Waals surface area contributed by atoms with Crippen molar-refractivity contribution in [3.05, 3.63) is 42.5 Å². The molecule has 6 nitrogen and oxygen atoms in total. The van der Waals surface area contributed by atoms with Crippen LogP contribution in [0.15, 0.2) is 36.8 Å². The lowest BCUT2D eigenvalue weighted by molar-refractivity contribution is -0.109. The fourth-order valence-corrected chi connectivity index (χ4v) is 1.93. The first-order chi connectivity index (χ1) is 9.80. The van der Waals surface area contributed by atoms with Crippen LogP contribution in [0.25, 0.3) is 5.69 Å². The summed E-state index contributed by atoms with van der Waals surface area (Å²) in [6, 6.07) is 7.69. The first-order valence-corrected chi connectivity index (χ1v) is 6.31. The third-order valence-electron chi connectivity index (χ3n) is 2.82. The zero-order valence-electron chi connectivity index (χ0n) is 11.7. The molecule has 0 aliphatic carbocycles. The van der Waals surface area contributed by atoms with Gasteiger partial charge in [0, 0.05) is 26.8 Å². The van der Waals surface area contributed by atoms with Gasteiger partial charge in [-0.2, -0.15) is 0 Å². The summed E-state index contributed by atoms with van der Waals surface area (Å²) in [5, 5.41) is 0. The highest BCUT2D eigenvalue weighted by Crippen LogP contribution is 2.23. The molecule has 2 N–H and O–H groups in total. The van der Waals surface area contributed by atoms with E-state index in [4.69, 9.17) is 19.9 Å². The molecule has 1 heterocycles. The maximum Gasteiger partial charge on any atom is 0.200 e. The van der Waals surface area contributed by atoms with Crippen LogP contribution in [0, 0.1) is 0 Å². The topological polar surface area (TPSA) is 71.5 Å². The Labute approximate surface area is 118 Å². The minimum atomic E-state index is -0.467. The molecule has 0 saturated heterocycles. The van der Waals surface area contributed by atoms with Gasteiger partial charge in [0.25, 0.3) is 0 Å². The Hall–Kier alpha value is -1.89. The molecule has 0 amide bonds. The largest absolute Gasteiger partial charge is 0.492 e.